The van der Waals surface area contributed by atoms with E-state index in [1.807, 2.05) is 0 Å². The van der Waals surface area contributed by atoms with Crippen LogP contribution in [0, 0.1) is 11.2 Å². The smallest absolute Gasteiger partial charge is 0.183 e. The van der Waals surface area contributed by atoms with E-state index in [-0.39, 0.29) is 22.3 Å². The molecule has 1 aromatic carbocycles. The first-order valence-electron chi connectivity index (χ1n) is 6.87. The largest absolute Gasteiger partial charge is 0.487 e. The monoisotopic (exact) mass is 285 g/mol. The van der Waals surface area contributed by atoms with Gasteiger partial charge in [-0.25, -0.2) is 4.39 Å². The van der Waals surface area contributed by atoms with Gasteiger partial charge in [0.2, 0.25) is 0 Å². The molecule has 0 radical (unpaired) electrons. The van der Waals surface area contributed by atoms with Crippen LogP contribution < -0.4 is 10.1 Å². The van der Waals surface area contributed by atoms with Crippen molar-refractivity contribution >= 4 is 11.6 Å². The highest BCUT2D eigenvalue weighted by Gasteiger charge is 2.51. The van der Waals surface area contributed by atoms with Crippen molar-refractivity contribution in [2.75, 3.05) is 6.54 Å². The molecule has 2 nitrogen and oxygen atoms in total. The number of hydrogen-bond acceptors (Lipinski definition) is 2. The fourth-order valence-electron chi connectivity index (χ4n) is 2.76. The van der Waals surface area contributed by atoms with E-state index in [4.69, 9.17) is 16.3 Å². The summed E-state index contributed by atoms with van der Waals surface area (Å²) in [4.78, 5) is 0. The molecule has 1 aliphatic rings. The van der Waals surface area contributed by atoms with Gasteiger partial charge in [0.1, 0.15) is 6.10 Å². The first-order chi connectivity index (χ1) is 9.02. The third kappa shape index (κ3) is 2.59. The molecule has 2 rings (SSSR count). The number of halogens is 2. The molecule has 106 valence electrons. The van der Waals surface area contributed by atoms with Crippen LogP contribution in [0.2, 0.25) is 5.02 Å². The first-order valence-corrected chi connectivity index (χ1v) is 7.24. The van der Waals surface area contributed by atoms with Gasteiger partial charge in [0.25, 0.3) is 0 Å². The van der Waals surface area contributed by atoms with Crippen molar-refractivity contribution in [1.82, 2.24) is 5.32 Å². The third-order valence-corrected chi connectivity index (χ3v) is 4.67. The second-order valence-corrected chi connectivity index (χ2v) is 5.77. The van der Waals surface area contributed by atoms with Gasteiger partial charge in [-0.2, -0.15) is 0 Å². The van der Waals surface area contributed by atoms with Crippen LogP contribution in [0.3, 0.4) is 0 Å². The maximum Gasteiger partial charge on any atom is 0.183 e. The lowest BCUT2D eigenvalue weighted by Crippen LogP contribution is -2.63. The van der Waals surface area contributed by atoms with Crippen LogP contribution >= 0.6 is 11.6 Å². The molecule has 0 heterocycles. The van der Waals surface area contributed by atoms with Crippen LogP contribution in [0.1, 0.15) is 33.6 Å². The molecule has 1 aromatic rings. The van der Waals surface area contributed by atoms with Gasteiger partial charge in [-0.15, -0.1) is 0 Å². The van der Waals surface area contributed by atoms with Crippen LogP contribution in [0.15, 0.2) is 18.2 Å². The van der Waals surface area contributed by atoms with Gasteiger partial charge < -0.3 is 10.1 Å². The molecule has 0 bridgehead atoms. The summed E-state index contributed by atoms with van der Waals surface area (Å²) in [6.45, 7) is 7.38. The first kappa shape index (κ1) is 14.6. The Morgan fingerprint density at radius 3 is 2.84 bits per heavy atom. The Morgan fingerprint density at radius 2 is 2.21 bits per heavy atom. The molecule has 4 heteroatoms. The van der Waals surface area contributed by atoms with Gasteiger partial charge in [0.05, 0.1) is 5.02 Å². The summed E-state index contributed by atoms with van der Waals surface area (Å²) in [7, 11) is 0. The summed E-state index contributed by atoms with van der Waals surface area (Å²) in [6, 6.07) is 5.32. The van der Waals surface area contributed by atoms with Crippen LogP contribution in [-0.4, -0.2) is 18.7 Å². The van der Waals surface area contributed by atoms with Crippen LogP contribution in [0.25, 0.3) is 0 Å². The van der Waals surface area contributed by atoms with E-state index in [0.717, 1.165) is 19.4 Å². The maximum absolute atomic E-state index is 13.9. The van der Waals surface area contributed by atoms with E-state index >= 15 is 0 Å². The highest BCUT2D eigenvalue weighted by Crippen LogP contribution is 2.46. The van der Waals surface area contributed by atoms with E-state index < -0.39 is 5.82 Å². The average Bonchev–Trinajstić information content (AvgIpc) is 2.41. The average molecular weight is 286 g/mol. The minimum absolute atomic E-state index is 0.0366. The predicted molar refractivity (Wildman–Crippen MR) is 76.3 cm³/mol. The summed E-state index contributed by atoms with van der Waals surface area (Å²) in [6.07, 6.45) is 1.94. The van der Waals surface area contributed by atoms with Gasteiger partial charge in [0, 0.05) is 17.9 Å². The fourth-order valence-corrected chi connectivity index (χ4v) is 2.93. The lowest BCUT2D eigenvalue weighted by molar-refractivity contribution is -0.0712. The molecule has 1 fully saturated rings. The maximum atomic E-state index is 13.9. The summed E-state index contributed by atoms with van der Waals surface area (Å²) < 4.78 is 19.7. The van der Waals surface area contributed by atoms with Gasteiger partial charge in [-0.1, -0.05) is 38.4 Å². The SMILES string of the molecule is CCNC1CC(Oc2cccc(Cl)c2F)C1(C)CC. The van der Waals surface area contributed by atoms with Crippen molar-refractivity contribution in [3.8, 4) is 5.75 Å². The molecule has 19 heavy (non-hydrogen) atoms. The van der Waals surface area contributed by atoms with Crippen molar-refractivity contribution < 1.29 is 9.13 Å². The zero-order chi connectivity index (χ0) is 14.0. The zero-order valence-electron chi connectivity index (χ0n) is 11.7. The summed E-state index contributed by atoms with van der Waals surface area (Å²) >= 11 is 5.77. The molecule has 1 aliphatic carbocycles. The Kier molecular flexibility index (Phi) is 4.36. The van der Waals surface area contributed by atoms with Gasteiger partial charge in [0.15, 0.2) is 11.6 Å². The number of hydrogen-bond donors (Lipinski definition) is 1. The number of rotatable bonds is 5. The van der Waals surface area contributed by atoms with E-state index in [9.17, 15) is 4.39 Å². The fraction of sp³-hybridized carbons (Fsp3) is 0.600. The Morgan fingerprint density at radius 1 is 1.47 bits per heavy atom. The molecule has 1 saturated carbocycles. The Bertz CT molecular complexity index is 454. The van der Waals surface area contributed by atoms with Crippen LogP contribution in [0.4, 0.5) is 4.39 Å². The second kappa shape index (κ2) is 5.68. The highest BCUT2D eigenvalue weighted by molar-refractivity contribution is 6.30. The lowest BCUT2D eigenvalue weighted by atomic mass is 9.61. The van der Waals surface area contributed by atoms with Crippen molar-refractivity contribution in [2.45, 2.75) is 45.8 Å². The standard InChI is InChI=1S/C15H21ClFNO/c1-4-15(3)12(18-5-2)9-13(15)19-11-8-6-7-10(16)14(11)17/h6-8,12-13,18H,4-5,9H2,1-3H3. The Balaban J connectivity index is 2.10. The second-order valence-electron chi connectivity index (χ2n) is 5.36. The number of benzene rings is 1. The molecule has 0 amide bonds. The third-order valence-electron chi connectivity index (χ3n) is 4.38. The van der Waals surface area contributed by atoms with E-state index in [0.29, 0.717) is 6.04 Å². The van der Waals surface area contributed by atoms with E-state index in [1.165, 1.54) is 6.07 Å². The summed E-state index contributed by atoms with van der Waals surface area (Å²) in [5, 5.41) is 3.57. The van der Waals surface area contributed by atoms with Gasteiger partial charge in [-0.3, -0.25) is 0 Å². The predicted octanol–water partition coefficient (Wildman–Crippen LogP) is 4.02. The minimum atomic E-state index is -0.463. The normalized spacial score (nSPS) is 29.9. The molecule has 3 atom stereocenters. The lowest BCUT2D eigenvalue weighted by Gasteiger charge is -2.53. The molecule has 0 spiro atoms. The molecular formula is C15H21ClFNO. The Labute approximate surface area is 119 Å². The van der Waals surface area contributed by atoms with Crippen molar-refractivity contribution in [2.24, 2.45) is 5.41 Å². The quantitative estimate of drug-likeness (QED) is 0.882. The number of ether oxygens (including phenoxy) is 1. The highest BCUT2D eigenvalue weighted by atomic mass is 35.5. The topological polar surface area (TPSA) is 21.3 Å². The molecule has 1 N–H and O–H groups in total. The van der Waals surface area contributed by atoms with Crippen LogP contribution in [0.5, 0.6) is 5.75 Å². The molecule has 0 aliphatic heterocycles. The zero-order valence-corrected chi connectivity index (χ0v) is 12.4. The van der Waals surface area contributed by atoms with Crippen molar-refractivity contribution in [3.63, 3.8) is 0 Å². The minimum Gasteiger partial charge on any atom is -0.487 e. The molecule has 0 aromatic heterocycles. The van der Waals surface area contributed by atoms with Gasteiger partial charge in [-0.05, 0) is 25.1 Å². The van der Waals surface area contributed by atoms with Crippen molar-refractivity contribution in [3.05, 3.63) is 29.0 Å². The summed E-state index contributed by atoms with van der Waals surface area (Å²) in [5.41, 5.74) is 0.0464. The van der Waals surface area contributed by atoms with E-state index in [2.05, 4.69) is 26.1 Å². The van der Waals surface area contributed by atoms with Crippen LogP contribution in [-0.2, 0) is 0 Å². The van der Waals surface area contributed by atoms with E-state index in [1.54, 1.807) is 12.1 Å². The molecular weight excluding hydrogens is 265 g/mol. The number of nitrogens with one attached hydrogen (secondary N) is 1. The van der Waals surface area contributed by atoms with Crippen molar-refractivity contribution in [1.29, 1.82) is 0 Å². The Hall–Kier alpha value is -0.800. The van der Waals surface area contributed by atoms with Gasteiger partial charge >= 0.3 is 0 Å². The molecule has 0 saturated heterocycles. The summed E-state index contributed by atoms with van der Waals surface area (Å²) in [5.74, 6) is -0.207. The molecule has 3 unspecified atom stereocenters.